The van der Waals surface area contributed by atoms with Crippen LogP contribution in [-0.2, 0) is 6.18 Å². The molecule has 2 rings (SSSR count). The summed E-state index contributed by atoms with van der Waals surface area (Å²) in [7, 11) is 0. The van der Waals surface area contributed by atoms with Crippen LogP contribution in [0.3, 0.4) is 0 Å². The molecule has 0 bridgehead atoms. The second-order valence-corrected chi connectivity index (χ2v) is 5.87. The van der Waals surface area contributed by atoms with Gasteiger partial charge in [-0.1, -0.05) is 40.2 Å². The van der Waals surface area contributed by atoms with Gasteiger partial charge in [0, 0.05) is 15.6 Å². The van der Waals surface area contributed by atoms with Gasteiger partial charge in [-0.15, -0.1) is 0 Å². The van der Waals surface area contributed by atoms with E-state index in [9.17, 15) is 13.2 Å². The zero-order valence-corrected chi connectivity index (χ0v) is 14.0. The fourth-order valence-electron chi connectivity index (χ4n) is 1.83. The van der Waals surface area contributed by atoms with Gasteiger partial charge in [-0.05, 0) is 36.5 Å². The first kappa shape index (κ1) is 17.4. The van der Waals surface area contributed by atoms with Crippen LogP contribution in [0.25, 0.3) is 0 Å². The van der Waals surface area contributed by atoms with E-state index in [-0.39, 0.29) is 5.11 Å². The summed E-state index contributed by atoms with van der Waals surface area (Å²) < 4.78 is 38.9. The summed E-state index contributed by atoms with van der Waals surface area (Å²) in [5.41, 5.74) is 8.74. The molecule has 0 aliphatic rings. The van der Waals surface area contributed by atoms with Crippen molar-refractivity contribution in [3.63, 3.8) is 0 Å². The van der Waals surface area contributed by atoms with Gasteiger partial charge in [0.15, 0.2) is 5.11 Å². The molecule has 2 aromatic rings. The van der Waals surface area contributed by atoms with E-state index in [0.29, 0.717) is 16.8 Å². The average molecular weight is 402 g/mol. The number of nitrogens with one attached hydrogen (secondary N) is 1. The third-order valence-corrected chi connectivity index (χ3v) is 3.50. The van der Waals surface area contributed by atoms with Crippen LogP contribution in [0, 0.1) is 0 Å². The van der Waals surface area contributed by atoms with Gasteiger partial charge >= 0.3 is 6.18 Å². The van der Waals surface area contributed by atoms with Gasteiger partial charge in [-0.2, -0.15) is 18.3 Å². The topological polar surface area (TPSA) is 50.4 Å². The lowest BCUT2D eigenvalue weighted by Gasteiger charge is -2.10. The molecule has 0 amide bonds. The quantitative estimate of drug-likeness (QED) is 0.463. The molecule has 3 N–H and O–H groups in total. The second-order valence-electron chi connectivity index (χ2n) is 4.52. The molecule has 120 valence electrons. The molecule has 2 aromatic carbocycles. The Balaban J connectivity index is 2.43. The van der Waals surface area contributed by atoms with E-state index in [4.69, 9.17) is 18.0 Å². The Morgan fingerprint density at radius 3 is 1.91 bits per heavy atom. The molecule has 0 spiro atoms. The second kappa shape index (κ2) is 7.10. The summed E-state index contributed by atoms with van der Waals surface area (Å²) in [6.07, 6.45) is -4.38. The molecule has 0 aliphatic carbocycles. The predicted molar refractivity (Wildman–Crippen MR) is 91.1 cm³/mol. The number of benzene rings is 2. The van der Waals surface area contributed by atoms with Crippen LogP contribution >= 0.6 is 28.1 Å². The van der Waals surface area contributed by atoms with Crippen LogP contribution in [0.4, 0.5) is 13.2 Å². The molecule has 0 saturated heterocycles. The molecular formula is C15H11BrF3N3S. The summed E-state index contributed by atoms with van der Waals surface area (Å²) >= 11 is 8.03. The van der Waals surface area contributed by atoms with Gasteiger partial charge in [0.25, 0.3) is 0 Å². The van der Waals surface area contributed by atoms with Crippen molar-refractivity contribution in [2.75, 3.05) is 0 Å². The lowest BCUT2D eigenvalue weighted by molar-refractivity contribution is -0.137. The van der Waals surface area contributed by atoms with E-state index < -0.39 is 11.7 Å². The first-order valence-electron chi connectivity index (χ1n) is 6.34. The predicted octanol–water partition coefficient (Wildman–Crippen LogP) is 4.05. The van der Waals surface area contributed by atoms with Crippen LogP contribution in [-0.4, -0.2) is 10.8 Å². The van der Waals surface area contributed by atoms with Gasteiger partial charge in [-0.3, -0.25) is 5.43 Å². The largest absolute Gasteiger partial charge is 0.416 e. The fourth-order valence-corrected chi connectivity index (χ4v) is 2.14. The molecule has 0 unspecified atom stereocenters. The molecule has 23 heavy (non-hydrogen) atoms. The Kier molecular flexibility index (Phi) is 5.38. The molecule has 0 atom stereocenters. The van der Waals surface area contributed by atoms with Crippen molar-refractivity contribution < 1.29 is 13.2 Å². The monoisotopic (exact) mass is 401 g/mol. The highest BCUT2D eigenvalue weighted by atomic mass is 79.9. The van der Waals surface area contributed by atoms with Crippen LogP contribution in [0.5, 0.6) is 0 Å². The van der Waals surface area contributed by atoms with Crippen molar-refractivity contribution in [2.45, 2.75) is 6.18 Å². The molecule has 0 saturated carbocycles. The smallest absolute Gasteiger partial charge is 0.375 e. The summed E-state index contributed by atoms with van der Waals surface area (Å²) in [4.78, 5) is 0. The van der Waals surface area contributed by atoms with Crippen molar-refractivity contribution in [2.24, 2.45) is 10.8 Å². The number of hydrogen-bond acceptors (Lipinski definition) is 2. The molecule has 0 radical (unpaired) electrons. The van der Waals surface area contributed by atoms with Gasteiger partial charge in [0.2, 0.25) is 0 Å². The number of nitrogens with zero attached hydrogens (tertiary/aromatic N) is 1. The maximum Gasteiger partial charge on any atom is 0.416 e. The van der Waals surface area contributed by atoms with E-state index in [1.165, 1.54) is 12.1 Å². The zero-order chi connectivity index (χ0) is 17.0. The van der Waals surface area contributed by atoms with Crippen molar-refractivity contribution in [3.05, 3.63) is 69.7 Å². The van der Waals surface area contributed by atoms with Crippen molar-refractivity contribution in [3.8, 4) is 0 Å². The third kappa shape index (κ3) is 4.77. The molecule has 0 fully saturated rings. The van der Waals surface area contributed by atoms with E-state index in [0.717, 1.165) is 16.6 Å². The summed E-state index contributed by atoms with van der Waals surface area (Å²) in [6, 6.07) is 11.9. The Labute approximate surface area is 144 Å². The number of halogens is 4. The van der Waals surface area contributed by atoms with Crippen molar-refractivity contribution >= 4 is 39.0 Å². The van der Waals surface area contributed by atoms with E-state index in [1.807, 2.05) is 0 Å². The first-order valence-corrected chi connectivity index (χ1v) is 7.54. The third-order valence-electron chi connectivity index (χ3n) is 2.88. The molecule has 0 aromatic heterocycles. The van der Waals surface area contributed by atoms with Crippen molar-refractivity contribution in [1.29, 1.82) is 0 Å². The van der Waals surface area contributed by atoms with E-state index in [1.54, 1.807) is 24.3 Å². The summed E-state index contributed by atoms with van der Waals surface area (Å²) in [5.74, 6) is 0. The highest BCUT2D eigenvalue weighted by Gasteiger charge is 2.30. The molecule has 0 aliphatic heterocycles. The number of thiocarbonyl (C=S) groups is 1. The minimum atomic E-state index is -4.38. The van der Waals surface area contributed by atoms with Crippen LogP contribution < -0.4 is 11.2 Å². The minimum absolute atomic E-state index is 0.0356. The molecule has 8 heteroatoms. The standard InChI is InChI=1S/C15H11BrF3N3S/c16-12-7-3-10(4-8-12)13(21-22-14(20)23)9-1-5-11(6-2-9)15(17,18)19/h1-8H,(H3,20,22,23)/b21-13+. The Bertz CT molecular complexity index is 725. The minimum Gasteiger partial charge on any atom is -0.375 e. The normalized spacial score (nSPS) is 12.1. The number of hydrazone groups is 1. The lowest BCUT2D eigenvalue weighted by atomic mass is 10.0. The number of rotatable bonds is 3. The zero-order valence-electron chi connectivity index (χ0n) is 11.6. The van der Waals surface area contributed by atoms with E-state index in [2.05, 4.69) is 26.5 Å². The van der Waals surface area contributed by atoms with Crippen molar-refractivity contribution in [1.82, 2.24) is 5.43 Å². The maximum absolute atomic E-state index is 12.7. The maximum atomic E-state index is 12.7. The molecule has 3 nitrogen and oxygen atoms in total. The van der Waals surface area contributed by atoms with Crippen LogP contribution in [0.1, 0.15) is 16.7 Å². The molecular weight excluding hydrogens is 391 g/mol. The average Bonchev–Trinajstić information content (AvgIpc) is 2.48. The van der Waals surface area contributed by atoms with Gasteiger partial charge in [-0.25, -0.2) is 0 Å². The lowest BCUT2D eigenvalue weighted by Crippen LogP contribution is -2.26. The summed E-state index contributed by atoms with van der Waals surface area (Å²) in [5, 5.41) is 4.05. The Hall–Kier alpha value is -1.93. The fraction of sp³-hybridized carbons (Fsp3) is 0.0667. The van der Waals surface area contributed by atoms with Gasteiger partial charge < -0.3 is 5.73 Å². The number of hydrogen-bond donors (Lipinski definition) is 2. The Morgan fingerprint density at radius 1 is 1.00 bits per heavy atom. The highest BCUT2D eigenvalue weighted by molar-refractivity contribution is 9.10. The van der Waals surface area contributed by atoms with Crippen LogP contribution in [0.2, 0.25) is 0 Å². The Morgan fingerprint density at radius 2 is 1.48 bits per heavy atom. The SMILES string of the molecule is NC(=S)N/N=C(/c1ccc(Br)cc1)c1ccc(C(F)(F)F)cc1. The van der Waals surface area contributed by atoms with E-state index >= 15 is 0 Å². The number of alkyl halides is 3. The van der Waals surface area contributed by atoms with Gasteiger partial charge in [0.1, 0.15) is 0 Å². The van der Waals surface area contributed by atoms with Gasteiger partial charge in [0.05, 0.1) is 11.3 Å². The summed E-state index contributed by atoms with van der Waals surface area (Å²) in [6.45, 7) is 0. The highest BCUT2D eigenvalue weighted by Crippen LogP contribution is 2.29. The molecule has 0 heterocycles. The first-order chi connectivity index (χ1) is 10.8. The van der Waals surface area contributed by atoms with Crippen LogP contribution in [0.15, 0.2) is 58.1 Å². The number of nitrogens with two attached hydrogens (primary N) is 1.